The van der Waals surface area contributed by atoms with E-state index in [-0.39, 0.29) is 6.03 Å². The third-order valence-electron chi connectivity index (χ3n) is 3.65. The first-order chi connectivity index (χ1) is 13.6. The third kappa shape index (κ3) is 6.10. The second kappa shape index (κ2) is 9.52. The second-order valence-electron chi connectivity index (χ2n) is 5.96. The van der Waals surface area contributed by atoms with E-state index in [1.165, 1.54) is 0 Å². The Hall–Kier alpha value is -3.39. The highest BCUT2D eigenvalue weighted by Gasteiger charge is 2.02. The van der Waals surface area contributed by atoms with Crippen molar-refractivity contribution in [1.29, 1.82) is 0 Å². The maximum Gasteiger partial charge on any atom is 0.319 e. The number of pyridine rings is 1. The predicted octanol–water partition coefficient (Wildman–Crippen LogP) is 3.81. The summed E-state index contributed by atoms with van der Waals surface area (Å²) in [5.74, 6) is 1.92. The normalized spacial score (nSPS) is 10.2. The first-order valence-corrected chi connectivity index (χ1v) is 9.04. The zero-order valence-corrected chi connectivity index (χ0v) is 16.0. The van der Waals surface area contributed by atoms with Gasteiger partial charge in [-0.1, -0.05) is 17.7 Å². The van der Waals surface area contributed by atoms with E-state index in [1.54, 1.807) is 42.6 Å². The number of benzene rings is 1. The average Bonchev–Trinajstić information content (AvgIpc) is 2.70. The number of carbonyl (C=O) groups is 1. The lowest BCUT2D eigenvalue weighted by Gasteiger charge is -2.09. The average molecular weight is 398 g/mol. The number of hydrogen-bond acceptors (Lipinski definition) is 6. The van der Waals surface area contributed by atoms with Crippen molar-refractivity contribution < 1.29 is 4.79 Å². The molecule has 28 heavy (non-hydrogen) atoms. The number of halogens is 1. The molecule has 0 fully saturated rings. The van der Waals surface area contributed by atoms with Crippen LogP contribution in [0.25, 0.3) is 0 Å². The molecule has 0 radical (unpaired) electrons. The number of anilines is 4. The van der Waals surface area contributed by atoms with E-state index in [0.29, 0.717) is 41.3 Å². The summed E-state index contributed by atoms with van der Waals surface area (Å²) in [6, 6.07) is 14.1. The molecule has 1 aromatic carbocycles. The van der Waals surface area contributed by atoms with Crippen LogP contribution in [0, 0.1) is 6.92 Å². The van der Waals surface area contributed by atoms with Crippen LogP contribution in [0.2, 0.25) is 5.02 Å². The lowest BCUT2D eigenvalue weighted by atomic mass is 10.3. The van der Waals surface area contributed by atoms with Crippen molar-refractivity contribution in [3.05, 3.63) is 65.3 Å². The first kappa shape index (κ1) is 19.4. The van der Waals surface area contributed by atoms with Crippen LogP contribution >= 0.6 is 11.6 Å². The SMILES string of the molecule is Cc1ccc(Nc2ccc(NCCNC(=O)Nc3ccc(Cl)cc3)nn2)nc1. The zero-order valence-electron chi connectivity index (χ0n) is 15.2. The highest BCUT2D eigenvalue weighted by atomic mass is 35.5. The quantitative estimate of drug-likeness (QED) is 0.452. The van der Waals surface area contributed by atoms with Gasteiger partial charge in [-0.05, 0) is 55.0 Å². The van der Waals surface area contributed by atoms with Gasteiger partial charge in [0.2, 0.25) is 0 Å². The van der Waals surface area contributed by atoms with Gasteiger partial charge < -0.3 is 21.3 Å². The van der Waals surface area contributed by atoms with Gasteiger partial charge in [0.25, 0.3) is 0 Å². The Bertz CT molecular complexity index is 899. The van der Waals surface area contributed by atoms with Gasteiger partial charge in [-0.25, -0.2) is 9.78 Å². The Labute approximate surface area is 167 Å². The van der Waals surface area contributed by atoms with Gasteiger partial charge in [-0.3, -0.25) is 0 Å². The summed E-state index contributed by atoms with van der Waals surface area (Å²) < 4.78 is 0. The minimum atomic E-state index is -0.291. The summed E-state index contributed by atoms with van der Waals surface area (Å²) in [4.78, 5) is 16.1. The minimum absolute atomic E-state index is 0.291. The van der Waals surface area contributed by atoms with Crippen molar-refractivity contribution in [3.8, 4) is 0 Å². The van der Waals surface area contributed by atoms with Gasteiger partial charge in [0.1, 0.15) is 11.6 Å². The minimum Gasteiger partial charge on any atom is -0.367 e. The standard InChI is InChI=1S/C19H20ClN7O/c1-13-2-7-16(23-12-13)25-18-9-8-17(26-27-18)21-10-11-22-19(28)24-15-5-3-14(20)4-6-15/h2-9,12H,10-11H2,1H3,(H,21,26)(H2,22,24,28)(H,23,25,27). The fraction of sp³-hybridized carbons (Fsp3) is 0.158. The van der Waals surface area contributed by atoms with E-state index in [2.05, 4.69) is 36.4 Å². The summed E-state index contributed by atoms with van der Waals surface area (Å²) in [5, 5.41) is 20.5. The summed E-state index contributed by atoms with van der Waals surface area (Å²) in [6.45, 7) is 2.91. The van der Waals surface area contributed by atoms with Crippen molar-refractivity contribution in [1.82, 2.24) is 20.5 Å². The molecular weight excluding hydrogens is 378 g/mol. The number of rotatable bonds is 7. The van der Waals surface area contributed by atoms with Crippen LogP contribution in [0.4, 0.5) is 27.9 Å². The third-order valence-corrected chi connectivity index (χ3v) is 3.90. The van der Waals surface area contributed by atoms with Crippen LogP contribution in [0.3, 0.4) is 0 Å². The summed E-state index contributed by atoms with van der Waals surface area (Å²) in [7, 11) is 0. The molecule has 3 rings (SSSR count). The maximum atomic E-state index is 11.8. The van der Waals surface area contributed by atoms with Gasteiger partial charge in [-0.2, -0.15) is 0 Å². The molecule has 0 saturated carbocycles. The molecule has 0 bridgehead atoms. The number of nitrogens with one attached hydrogen (secondary N) is 4. The summed E-state index contributed by atoms with van der Waals surface area (Å²) in [6.07, 6.45) is 1.78. The molecule has 0 spiro atoms. The molecule has 2 aromatic heterocycles. The Morgan fingerprint density at radius 3 is 2.32 bits per heavy atom. The van der Waals surface area contributed by atoms with Gasteiger partial charge in [0.05, 0.1) is 0 Å². The van der Waals surface area contributed by atoms with Gasteiger partial charge in [0.15, 0.2) is 5.82 Å². The molecule has 0 atom stereocenters. The van der Waals surface area contributed by atoms with Crippen LogP contribution in [-0.4, -0.2) is 34.3 Å². The van der Waals surface area contributed by atoms with E-state index < -0.39 is 0 Å². The van der Waals surface area contributed by atoms with E-state index in [4.69, 9.17) is 11.6 Å². The number of urea groups is 1. The van der Waals surface area contributed by atoms with E-state index in [0.717, 1.165) is 5.56 Å². The maximum absolute atomic E-state index is 11.8. The molecule has 0 aliphatic rings. The highest BCUT2D eigenvalue weighted by molar-refractivity contribution is 6.30. The van der Waals surface area contributed by atoms with E-state index in [9.17, 15) is 4.79 Å². The van der Waals surface area contributed by atoms with Crippen LogP contribution in [0.5, 0.6) is 0 Å². The molecule has 0 aliphatic heterocycles. The van der Waals surface area contributed by atoms with Crippen molar-refractivity contribution in [2.24, 2.45) is 0 Å². The van der Waals surface area contributed by atoms with Crippen molar-refractivity contribution >= 4 is 40.8 Å². The molecular formula is C19H20ClN7O. The van der Waals surface area contributed by atoms with Gasteiger partial charge in [0, 0.05) is 30.0 Å². The topological polar surface area (TPSA) is 104 Å². The molecule has 9 heteroatoms. The Balaban J connectivity index is 1.38. The molecule has 2 heterocycles. The lowest BCUT2D eigenvalue weighted by molar-refractivity contribution is 0.252. The molecule has 3 aromatic rings. The first-order valence-electron chi connectivity index (χ1n) is 8.66. The van der Waals surface area contributed by atoms with Crippen molar-refractivity contribution in [3.63, 3.8) is 0 Å². The second-order valence-corrected chi connectivity index (χ2v) is 6.40. The molecule has 4 N–H and O–H groups in total. The number of carbonyl (C=O) groups excluding carboxylic acids is 1. The molecule has 0 aliphatic carbocycles. The monoisotopic (exact) mass is 397 g/mol. The lowest BCUT2D eigenvalue weighted by Crippen LogP contribution is -2.32. The predicted molar refractivity (Wildman–Crippen MR) is 111 cm³/mol. The zero-order chi connectivity index (χ0) is 19.8. The van der Waals surface area contributed by atoms with E-state index in [1.807, 2.05) is 19.1 Å². The van der Waals surface area contributed by atoms with Crippen LogP contribution in [0.15, 0.2) is 54.7 Å². The Morgan fingerprint density at radius 1 is 0.929 bits per heavy atom. The molecule has 2 amide bonds. The van der Waals surface area contributed by atoms with Crippen LogP contribution in [-0.2, 0) is 0 Å². The number of nitrogens with zero attached hydrogens (tertiary/aromatic N) is 3. The molecule has 0 saturated heterocycles. The van der Waals surface area contributed by atoms with Crippen molar-refractivity contribution in [2.45, 2.75) is 6.92 Å². The largest absolute Gasteiger partial charge is 0.367 e. The smallest absolute Gasteiger partial charge is 0.319 e. The fourth-order valence-electron chi connectivity index (χ4n) is 2.24. The van der Waals surface area contributed by atoms with E-state index >= 15 is 0 Å². The number of aromatic nitrogens is 3. The van der Waals surface area contributed by atoms with Gasteiger partial charge >= 0.3 is 6.03 Å². The van der Waals surface area contributed by atoms with Crippen LogP contribution < -0.4 is 21.3 Å². The van der Waals surface area contributed by atoms with Crippen LogP contribution in [0.1, 0.15) is 5.56 Å². The molecule has 144 valence electrons. The number of amides is 2. The highest BCUT2D eigenvalue weighted by Crippen LogP contribution is 2.13. The summed E-state index contributed by atoms with van der Waals surface area (Å²) >= 11 is 5.81. The summed E-state index contributed by atoms with van der Waals surface area (Å²) in [5.41, 5.74) is 1.76. The Kier molecular flexibility index (Phi) is 6.59. The number of aryl methyl sites for hydroxylation is 1. The number of hydrogen-bond donors (Lipinski definition) is 4. The fourth-order valence-corrected chi connectivity index (χ4v) is 2.37. The van der Waals surface area contributed by atoms with Crippen molar-refractivity contribution in [2.75, 3.05) is 29.0 Å². The van der Waals surface area contributed by atoms with Gasteiger partial charge in [-0.15, -0.1) is 10.2 Å². The Morgan fingerprint density at radius 2 is 1.64 bits per heavy atom. The molecule has 0 unspecified atom stereocenters. The molecule has 8 nitrogen and oxygen atoms in total.